The van der Waals surface area contributed by atoms with E-state index in [1.54, 1.807) is 0 Å². The highest BCUT2D eigenvalue weighted by atomic mass is 16.3. The third-order valence-corrected chi connectivity index (χ3v) is 5.31. The first-order valence-electron chi connectivity index (χ1n) is 8.10. The van der Waals surface area contributed by atoms with Crippen molar-refractivity contribution in [1.82, 2.24) is 4.90 Å². The first-order chi connectivity index (χ1) is 10.2. The van der Waals surface area contributed by atoms with Gasteiger partial charge >= 0.3 is 0 Å². The molecule has 1 aliphatic carbocycles. The van der Waals surface area contributed by atoms with Crippen molar-refractivity contribution in [1.29, 1.82) is 5.26 Å². The van der Waals surface area contributed by atoms with Crippen molar-refractivity contribution in [2.45, 2.75) is 43.6 Å². The van der Waals surface area contributed by atoms with Crippen molar-refractivity contribution in [3.8, 4) is 6.07 Å². The number of fused-ring (bicyclic) bond motifs is 1. The average molecular weight is 284 g/mol. The molecule has 1 aromatic rings. The van der Waals surface area contributed by atoms with Crippen LogP contribution in [-0.4, -0.2) is 35.2 Å². The lowest BCUT2D eigenvalue weighted by atomic mass is 9.71. The van der Waals surface area contributed by atoms with Gasteiger partial charge in [-0.05, 0) is 24.8 Å². The number of benzene rings is 1. The monoisotopic (exact) mass is 284 g/mol. The third kappa shape index (κ3) is 3.12. The smallest absolute Gasteiger partial charge is 0.0839 e. The van der Waals surface area contributed by atoms with E-state index in [1.165, 1.54) is 6.42 Å². The Hall–Kier alpha value is -1.37. The molecule has 3 nitrogen and oxygen atoms in total. The van der Waals surface area contributed by atoms with E-state index in [1.807, 2.05) is 30.3 Å². The van der Waals surface area contributed by atoms with Crippen LogP contribution >= 0.6 is 0 Å². The van der Waals surface area contributed by atoms with Crippen LogP contribution < -0.4 is 0 Å². The largest absolute Gasteiger partial charge is 0.390 e. The molecule has 3 rings (SSSR count). The Balaban J connectivity index is 1.65. The van der Waals surface area contributed by atoms with Crippen LogP contribution in [0.15, 0.2) is 30.3 Å². The van der Waals surface area contributed by atoms with Crippen molar-refractivity contribution in [3.63, 3.8) is 0 Å². The number of rotatable bonds is 3. The molecule has 0 aromatic heterocycles. The van der Waals surface area contributed by atoms with Crippen LogP contribution in [0, 0.1) is 17.2 Å². The number of hydrogen-bond donors (Lipinski definition) is 1. The van der Waals surface area contributed by atoms with Gasteiger partial charge in [0.2, 0.25) is 0 Å². The second-order valence-corrected chi connectivity index (χ2v) is 6.65. The molecular formula is C18H24N2O. The standard InChI is InChI=1S/C18H24N2O/c19-12-16(15-6-2-1-3-7-15)13-20-11-10-18(21)9-5-4-8-17(18)14-20/h1-3,6-7,16-17,21H,4-5,8-11,13-14H2. The maximum absolute atomic E-state index is 10.7. The zero-order chi connectivity index (χ0) is 14.7. The Kier molecular flexibility index (Phi) is 4.28. The molecule has 1 aromatic carbocycles. The SMILES string of the molecule is N#CC(CN1CCC2(O)CCCCC2C1)c1ccccc1. The summed E-state index contributed by atoms with van der Waals surface area (Å²) in [5, 5.41) is 20.2. The molecule has 1 N–H and O–H groups in total. The van der Waals surface area contributed by atoms with E-state index >= 15 is 0 Å². The highest BCUT2D eigenvalue weighted by molar-refractivity contribution is 5.25. The molecule has 3 heteroatoms. The van der Waals surface area contributed by atoms with E-state index in [4.69, 9.17) is 0 Å². The summed E-state index contributed by atoms with van der Waals surface area (Å²) in [5.74, 6) is 0.330. The zero-order valence-electron chi connectivity index (χ0n) is 12.5. The number of hydrogen-bond acceptors (Lipinski definition) is 3. The summed E-state index contributed by atoms with van der Waals surface area (Å²) < 4.78 is 0. The summed E-state index contributed by atoms with van der Waals surface area (Å²) >= 11 is 0. The van der Waals surface area contributed by atoms with E-state index in [2.05, 4.69) is 11.0 Å². The van der Waals surface area contributed by atoms with Gasteiger partial charge in [-0.25, -0.2) is 0 Å². The zero-order valence-corrected chi connectivity index (χ0v) is 12.5. The number of aliphatic hydroxyl groups is 1. The fourth-order valence-electron chi connectivity index (χ4n) is 3.97. The van der Waals surface area contributed by atoms with Crippen molar-refractivity contribution in [2.24, 2.45) is 5.92 Å². The summed E-state index contributed by atoms with van der Waals surface area (Å²) in [6, 6.07) is 12.5. The number of nitrogens with zero attached hydrogens (tertiary/aromatic N) is 2. The summed E-state index contributed by atoms with van der Waals surface area (Å²) in [6.45, 7) is 2.65. The Morgan fingerprint density at radius 3 is 2.86 bits per heavy atom. The molecule has 0 amide bonds. The molecule has 21 heavy (non-hydrogen) atoms. The minimum absolute atomic E-state index is 0.0685. The fraction of sp³-hybridized carbons (Fsp3) is 0.611. The van der Waals surface area contributed by atoms with E-state index < -0.39 is 5.60 Å². The number of piperidine rings is 1. The first kappa shape index (κ1) is 14.6. The van der Waals surface area contributed by atoms with Crippen molar-refractivity contribution >= 4 is 0 Å². The maximum Gasteiger partial charge on any atom is 0.0839 e. The first-order valence-corrected chi connectivity index (χ1v) is 8.10. The van der Waals surface area contributed by atoms with Gasteiger partial charge < -0.3 is 10.0 Å². The van der Waals surface area contributed by atoms with Crippen LogP contribution in [0.2, 0.25) is 0 Å². The summed E-state index contributed by atoms with van der Waals surface area (Å²) in [7, 11) is 0. The van der Waals surface area contributed by atoms with Gasteiger partial charge in [-0.3, -0.25) is 0 Å². The van der Waals surface area contributed by atoms with Crippen LogP contribution in [0.3, 0.4) is 0 Å². The molecule has 0 bridgehead atoms. The van der Waals surface area contributed by atoms with E-state index in [-0.39, 0.29) is 5.92 Å². The van der Waals surface area contributed by atoms with Crippen LogP contribution in [0.5, 0.6) is 0 Å². The Morgan fingerprint density at radius 2 is 2.10 bits per heavy atom. The van der Waals surface area contributed by atoms with Crippen LogP contribution in [-0.2, 0) is 0 Å². The van der Waals surface area contributed by atoms with Crippen LogP contribution in [0.25, 0.3) is 0 Å². The normalized spacial score (nSPS) is 31.1. The molecule has 1 saturated carbocycles. The van der Waals surface area contributed by atoms with Gasteiger partial charge in [0.15, 0.2) is 0 Å². The minimum Gasteiger partial charge on any atom is -0.390 e. The maximum atomic E-state index is 10.7. The van der Waals surface area contributed by atoms with Crippen molar-refractivity contribution in [3.05, 3.63) is 35.9 Å². The van der Waals surface area contributed by atoms with Gasteiger partial charge in [0.05, 0.1) is 17.6 Å². The second-order valence-electron chi connectivity index (χ2n) is 6.65. The summed E-state index contributed by atoms with van der Waals surface area (Å²) in [5.41, 5.74) is 0.674. The quantitative estimate of drug-likeness (QED) is 0.928. The topological polar surface area (TPSA) is 47.3 Å². The molecule has 0 radical (unpaired) electrons. The molecule has 1 heterocycles. The minimum atomic E-state index is -0.427. The predicted molar refractivity (Wildman–Crippen MR) is 82.8 cm³/mol. The molecule has 3 atom stereocenters. The molecule has 2 fully saturated rings. The number of nitriles is 1. The van der Waals surface area contributed by atoms with E-state index in [0.717, 1.165) is 50.9 Å². The Labute approximate surface area is 127 Å². The molecule has 2 aliphatic rings. The summed E-state index contributed by atoms with van der Waals surface area (Å²) in [4.78, 5) is 2.38. The van der Waals surface area contributed by atoms with E-state index in [9.17, 15) is 10.4 Å². The molecule has 1 aliphatic heterocycles. The lowest BCUT2D eigenvalue weighted by Gasteiger charge is -2.47. The average Bonchev–Trinajstić information content (AvgIpc) is 2.53. The van der Waals surface area contributed by atoms with Crippen LogP contribution in [0.1, 0.15) is 43.6 Å². The van der Waals surface area contributed by atoms with Gasteiger partial charge in [0.1, 0.15) is 0 Å². The highest BCUT2D eigenvalue weighted by Crippen LogP contribution is 2.40. The highest BCUT2D eigenvalue weighted by Gasteiger charge is 2.42. The van der Waals surface area contributed by atoms with Crippen molar-refractivity contribution in [2.75, 3.05) is 19.6 Å². The van der Waals surface area contributed by atoms with Crippen LogP contribution in [0.4, 0.5) is 0 Å². The molecule has 1 saturated heterocycles. The second kappa shape index (κ2) is 6.17. The molecule has 3 unspecified atom stereocenters. The summed E-state index contributed by atoms with van der Waals surface area (Å²) in [6.07, 6.45) is 5.37. The van der Waals surface area contributed by atoms with Crippen molar-refractivity contribution < 1.29 is 5.11 Å². The van der Waals surface area contributed by atoms with Gasteiger partial charge in [0, 0.05) is 25.6 Å². The molecule has 112 valence electrons. The Morgan fingerprint density at radius 1 is 1.29 bits per heavy atom. The molecular weight excluding hydrogens is 260 g/mol. The van der Waals surface area contributed by atoms with Gasteiger partial charge in [-0.2, -0.15) is 5.26 Å². The van der Waals surface area contributed by atoms with Gasteiger partial charge in [-0.1, -0.05) is 43.2 Å². The van der Waals surface area contributed by atoms with E-state index in [0.29, 0.717) is 5.92 Å². The van der Waals surface area contributed by atoms with Gasteiger partial charge in [-0.15, -0.1) is 0 Å². The van der Waals surface area contributed by atoms with Gasteiger partial charge in [0.25, 0.3) is 0 Å². The lowest BCUT2D eigenvalue weighted by molar-refractivity contribution is -0.0954. The molecule has 0 spiro atoms. The third-order valence-electron chi connectivity index (χ3n) is 5.31. The Bertz CT molecular complexity index is 510. The predicted octanol–water partition coefficient (Wildman–Crippen LogP) is 2.92. The lowest BCUT2D eigenvalue weighted by Crippen LogP contribution is -2.53. The number of likely N-dealkylation sites (tertiary alicyclic amines) is 1. The fourth-order valence-corrected chi connectivity index (χ4v) is 3.97.